The molecule has 0 aliphatic carbocycles. The van der Waals surface area contributed by atoms with E-state index in [0.29, 0.717) is 32.4 Å². The number of halogens is 2. The molecule has 1 unspecified atom stereocenters. The van der Waals surface area contributed by atoms with E-state index in [0.717, 1.165) is 5.56 Å². The van der Waals surface area contributed by atoms with Crippen LogP contribution in [-0.4, -0.2) is 34.5 Å². The van der Waals surface area contributed by atoms with Gasteiger partial charge in [0.25, 0.3) is 5.56 Å². The van der Waals surface area contributed by atoms with Gasteiger partial charge in [-0.05, 0) is 36.8 Å². The Balaban J connectivity index is 1.74. The van der Waals surface area contributed by atoms with E-state index < -0.39 is 6.10 Å². The van der Waals surface area contributed by atoms with Gasteiger partial charge in [0.1, 0.15) is 12.7 Å². The fraction of sp³-hybridized carbons (Fsp3) is 0.238. The van der Waals surface area contributed by atoms with Crippen LogP contribution in [-0.2, 0) is 6.54 Å². The second-order valence-electron chi connectivity index (χ2n) is 6.36. The third kappa shape index (κ3) is 4.90. The summed E-state index contributed by atoms with van der Waals surface area (Å²) < 4.78 is 12.3. The summed E-state index contributed by atoms with van der Waals surface area (Å²) in [4.78, 5) is 16.9. The molecule has 8 heteroatoms. The summed E-state index contributed by atoms with van der Waals surface area (Å²) in [5, 5.41) is 11.3. The molecule has 1 atom stereocenters. The van der Waals surface area contributed by atoms with Crippen LogP contribution in [0.25, 0.3) is 17.0 Å². The van der Waals surface area contributed by atoms with Crippen LogP contribution in [0.1, 0.15) is 12.5 Å². The predicted octanol–water partition coefficient (Wildman–Crippen LogP) is 4.18. The fourth-order valence-corrected chi connectivity index (χ4v) is 3.43. The van der Waals surface area contributed by atoms with E-state index in [2.05, 4.69) is 4.98 Å². The van der Waals surface area contributed by atoms with Crippen molar-refractivity contribution in [2.45, 2.75) is 19.6 Å². The second-order valence-corrected chi connectivity index (χ2v) is 7.20. The third-order valence-electron chi connectivity index (χ3n) is 4.23. The Bertz CT molecular complexity index is 1110. The molecule has 0 bridgehead atoms. The van der Waals surface area contributed by atoms with Gasteiger partial charge in [-0.3, -0.25) is 9.36 Å². The normalized spacial score (nSPS) is 12.4. The first-order valence-corrected chi connectivity index (χ1v) is 9.64. The predicted molar refractivity (Wildman–Crippen MR) is 115 cm³/mol. The van der Waals surface area contributed by atoms with E-state index in [4.69, 9.17) is 32.7 Å². The summed E-state index contributed by atoms with van der Waals surface area (Å²) >= 11 is 12.1. The van der Waals surface area contributed by atoms with Crippen molar-refractivity contribution in [1.29, 1.82) is 0 Å². The zero-order chi connectivity index (χ0) is 21.0. The number of fused-ring (bicyclic) bond motifs is 1. The summed E-state index contributed by atoms with van der Waals surface area (Å²) in [5.41, 5.74) is 1.00. The Kier molecular flexibility index (Phi) is 6.79. The van der Waals surface area contributed by atoms with Gasteiger partial charge < -0.3 is 14.6 Å². The zero-order valence-corrected chi connectivity index (χ0v) is 17.4. The van der Waals surface area contributed by atoms with Crippen molar-refractivity contribution in [2.24, 2.45) is 0 Å². The van der Waals surface area contributed by atoms with Crippen LogP contribution in [0.5, 0.6) is 11.5 Å². The van der Waals surface area contributed by atoms with E-state index in [9.17, 15) is 9.90 Å². The number of aliphatic hydroxyl groups is 1. The number of nitrogens with zero attached hydrogens (tertiary/aromatic N) is 2. The Labute approximate surface area is 177 Å². The monoisotopic (exact) mass is 434 g/mol. The van der Waals surface area contributed by atoms with Gasteiger partial charge in [0.2, 0.25) is 0 Å². The summed E-state index contributed by atoms with van der Waals surface area (Å²) in [6.45, 7) is 1.91. The van der Waals surface area contributed by atoms with Gasteiger partial charge in [0, 0.05) is 5.02 Å². The number of ether oxygens (including phenoxy) is 2. The molecule has 0 saturated heterocycles. The number of benzene rings is 2. The minimum atomic E-state index is -0.943. The molecule has 0 fully saturated rings. The molecule has 3 aromatic rings. The number of rotatable bonds is 7. The van der Waals surface area contributed by atoms with Crippen molar-refractivity contribution in [1.82, 2.24) is 9.55 Å². The van der Waals surface area contributed by atoms with Gasteiger partial charge >= 0.3 is 0 Å². The first-order chi connectivity index (χ1) is 13.9. The van der Waals surface area contributed by atoms with Crippen molar-refractivity contribution < 1.29 is 14.6 Å². The molecule has 6 nitrogen and oxygen atoms in total. The van der Waals surface area contributed by atoms with Crippen LogP contribution >= 0.6 is 23.2 Å². The van der Waals surface area contributed by atoms with Crippen LogP contribution in [0.3, 0.4) is 0 Å². The maximum atomic E-state index is 12.7. The second kappa shape index (κ2) is 9.31. The summed E-state index contributed by atoms with van der Waals surface area (Å²) in [7, 11) is 1.55. The van der Waals surface area contributed by atoms with Crippen molar-refractivity contribution in [3.05, 3.63) is 68.7 Å². The highest BCUT2D eigenvalue weighted by atomic mass is 35.5. The minimum Gasteiger partial charge on any atom is -0.493 e. The lowest BCUT2D eigenvalue weighted by atomic mass is 10.2. The van der Waals surface area contributed by atoms with E-state index >= 15 is 0 Å². The number of hydrogen-bond donors (Lipinski definition) is 1. The number of aromatic nitrogens is 2. The lowest BCUT2D eigenvalue weighted by molar-refractivity contribution is 0.0900. The maximum Gasteiger partial charge on any atom is 0.261 e. The van der Waals surface area contributed by atoms with E-state index in [-0.39, 0.29) is 18.7 Å². The molecule has 1 aromatic heterocycles. The van der Waals surface area contributed by atoms with E-state index in [1.165, 1.54) is 23.0 Å². The van der Waals surface area contributed by atoms with Crippen LogP contribution in [0, 0.1) is 0 Å². The molecule has 29 heavy (non-hydrogen) atoms. The summed E-state index contributed by atoms with van der Waals surface area (Å²) in [6, 6.07) is 8.53. The topological polar surface area (TPSA) is 73.6 Å². The highest BCUT2D eigenvalue weighted by Gasteiger charge is 2.14. The van der Waals surface area contributed by atoms with Crippen LogP contribution in [0.2, 0.25) is 10.0 Å². The molecule has 0 spiro atoms. The Morgan fingerprint density at radius 3 is 2.76 bits per heavy atom. The molecule has 0 saturated carbocycles. The van der Waals surface area contributed by atoms with Crippen LogP contribution in [0.4, 0.5) is 0 Å². The van der Waals surface area contributed by atoms with Gasteiger partial charge in [-0.15, -0.1) is 0 Å². The molecule has 152 valence electrons. The van der Waals surface area contributed by atoms with Crippen molar-refractivity contribution in [3.8, 4) is 11.5 Å². The minimum absolute atomic E-state index is 0.00484. The Morgan fingerprint density at radius 2 is 2.03 bits per heavy atom. The number of methoxy groups -OCH3 is 1. The number of aliphatic hydroxyl groups excluding tert-OH is 1. The summed E-state index contributed by atoms with van der Waals surface area (Å²) in [6.07, 6.45) is 4.27. The van der Waals surface area contributed by atoms with Gasteiger partial charge in [0.15, 0.2) is 11.5 Å². The quantitative estimate of drug-likeness (QED) is 0.603. The number of allylic oxidation sites excluding steroid dienone is 1. The SMILES string of the molecule is C/C=C/c1ccc(OCC(O)Cn2cnc3c(Cl)cc(Cl)cc3c2=O)c(OC)c1. The lowest BCUT2D eigenvalue weighted by Gasteiger charge is -2.16. The molecular formula is C21H20Cl2N2O4. The Hall–Kier alpha value is -2.54. The first-order valence-electron chi connectivity index (χ1n) is 8.88. The molecule has 3 rings (SSSR count). The van der Waals surface area contributed by atoms with Gasteiger partial charge in [-0.1, -0.05) is 41.4 Å². The van der Waals surface area contributed by atoms with Crippen LogP contribution in [0.15, 0.2) is 47.5 Å². The number of hydrogen-bond acceptors (Lipinski definition) is 5. The maximum absolute atomic E-state index is 12.7. The van der Waals surface area contributed by atoms with E-state index in [1.54, 1.807) is 13.2 Å². The standard InChI is InChI=1S/C21H20Cl2N2O4/c1-3-4-13-5-6-18(19(7-13)28-2)29-11-15(26)10-25-12-24-20-16(21(25)27)8-14(22)9-17(20)23/h3-9,12,15,26H,10-11H2,1-2H3/b4-3+. The fourth-order valence-electron chi connectivity index (χ4n) is 2.89. The molecule has 0 amide bonds. The molecular weight excluding hydrogens is 415 g/mol. The lowest BCUT2D eigenvalue weighted by Crippen LogP contribution is -2.30. The summed E-state index contributed by atoms with van der Waals surface area (Å²) in [5.74, 6) is 1.06. The molecule has 0 aliphatic heterocycles. The van der Waals surface area contributed by atoms with Crippen LogP contribution < -0.4 is 15.0 Å². The largest absolute Gasteiger partial charge is 0.493 e. The first kappa shape index (κ1) is 21.2. The highest BCUT2D eigenvalue weighted by Crippen LogP contribution is 2.29. The Morgan fingerprint density at radius 1 is 1.24 bits per heavy atom. The highest BCUT2D eigenvalue weighted by molar-refractivity contribution is 6.38. The molecule has 0 radical (unpaired) electrons. The van der Waals surface area contributed by atoms with Gasteiger partial charge in [0.05, 0.1) is 35.9 Å². The van der Waals surface area contributed by atoms with Gasteiger partial charge in [-0.25, -0.2) is 4.98 Å². The van der Waals surface area contributed by atoms with E-state index in [1.807, 2.05) is 31.2 Å². The molecule has 2 aromatic carbocycles. The molecule has 1 heterocycles. The van der Waals surface area contributed by atoms with Crippen molar-refractivity contribution in [3.63, 3.8) is 0 Å². The average molecular weight is 435 g/mol. The average Bonchev–Trinajstić information content (AvgIpc) is 2.69. The van der Waals surface area contributed by atoms with Crippen molar-refractivity contribution in [2.75, 3.05) is 13.7 Å². The molecule has 1 N–H and O–H groups in total. The van der Waals surface area contributed by atoms with Crippen molar-refractivity contribution >= 4 is 40.2 Å². The van der Waals surface area contributed by atoms with Gasteiger partial charge in [-0.2, -0.15) is 0 Å². The molecule has 0 aliphatic rings. The smallest absolute Gasteiger partial charge is 0.261 e. The zero-order valence-electron chi connectivity index (χ0n) is 15.9. The third-order valence-corrected chi connectivity index (χ3v) is 4.74.